The lowest BCUT2D eigenvalue weighted by molar-refractivity contribution is 0.175. The van der Waals surface area contributed by atoms with E-state index in [2.05, 4.69) is 24.0 Å². The normalized spacial score (nSPS) is 21.3. The molecule has 0 aliphatic carbocycles. The Hall–Kier alpha value is -1.06. The second kappa shape index (κ2) is 4.85. The number of nitrogens with zero attached hydrogens (tertiary/aromatic N) is 1. The third-order valence-electron chi connectivity index (χ3n) is 3.11. The van der Waals surface area contributed by atoms with Gasteiger partial charge in [0.1, 0.15) is 5.75 Å². The number of benzene rings is 1. The number of aryl methyl sites for hydroxylation is 1. The third-order valence-corrected chi connectivity index (χ3v) is 3.11. The lowest BCUT2D eigenvalue weighted by Crippen LogP contribution is -2.21. The van der Waals surface area contributed by atoms with E-state index in [4.69, 9.17) is 4.74 Å². The fourth-order valence-corrected chi connectivity index (χ4v) is 2.25. The van der Waals surface area contributed by atoms with Gasteiger partial charge in [-0.2, -0.15) is 0 Å². The Kier molecular flexibility index (Phi) is 3.46. The zero-order chi connectivity index (χ0) is 11.5. The highest BCUT2D eigenvalue weighted by molar-refractivity contribution is 5.36. The summed E-state index contributed by atoms with van der Waals surface area (Å²) < 4.78 is 5.23. The molecular formula is C13H19NO2. The minimum atomic E-state index is -0.139. The lowest BCUT2D eigenvalue weighted by atomic mass is 10.1. The van der Waals surface area contributed by atoms with E-state index >= 15 is 0 Å². The number of likely N-dealkylation sites (tertiary alicyclic amines) is 1. The molecule has 1 aliphatic heterocycles. The van der Waals surface area contributed by atoms with Crippen molar-refractivity contribution >= 4 is 0 Å². The first-order valence-corrected chi connectivity index (χ1v) is 5.73. The van der Waals surface area contributed by atoms with Gasteiger partial charge in [-0.15, -0.1) is 0 Å². The van der Waals surface area contributed by atoms with Crippen molar-refractivity contribution in [2.45, 2.75) is 26.0 Å². The molecule has 2 rings (SSSR count). The molecule has 0 spiro atoms. The highest BCUT2D eigenvalue weighted by Crippen LogP contribution is 2.20. The first-order valence-electron chi connectivity index (χ1n) is 5.73. The van der Waals surface area contributed by atoms with Crippen molar-refractivity contribution < 1.29 is 9.84 Å². The van der Waals surface area contributed by atoms with Gasteiger partial charge in [-0.1, -0.05) is 12.1 Å². The van der Waals surface area contributed by atoms with Crippen molar-refractivity contribution in [1.82, 2.24) is 4.90 Å². The summed E-state index contributed by atoms with van der Waals surface area (Å²) in [6.45, 7) is 4.76. The number of β-amino-alcohol motifs (C(OH)–C–C–N with tert-alkyl or cyclic N) is 1. The van der Waals surface area contributed by atoms with Crippen LogP contribution < -0.4 is 4.74 Å². The number of hydrogen-bond donors (Lipinski definition) is 1. The Balaban J connectivity index is 2.02. The lowest BCUT2D eigenvalue weighted by Gasteiger charge is -2.15. The number of methoxy groups -OCH3 is 1. The summed E-state index contributed by atoms with van der Waals surface area (Å²) >= 11 is 0. The summed E-state index contributed by atoms with van der Waals surface area (Å²) in [4.78, 5) is 2.28. The summed E-state index contributed by atoms with van der Waals surface area (Å²) in [7, 11) is 1.69. The van der Waals surface area contributed by atoms with Gasteiger partial charge < -0.3 is 9.84 Å². The van der Waals surface area contributed by atoms with Crippen LogP contribution in [0.5, 0.6) is 5.75 Å². The van der Waals surface area contributed by atoms with E-state index in [1.807, 2.05) is 6.07 Å². The molecule has 16 heavy (non-hydrogen) atoms. The van der Waals surface area contributed by atoms with Gasteiger partial charge in [0, 0.05) is 19.6 Å². The zero-order valence-corrected chi connectivity index (χ0v) is 9.94. The van der Waals surface area contributed by atoms with E-state index in [0.29, 0.717) is 0 Å². The molecule has 1 aromatic rings. The largest absolute Gasteiger partial charge is 0.496 e. The minimum Gasteiger partial charge on any atom is -0.496 e. The number of aliphatic hydroxyl groups is 1. The predicted molar refractivity (Wildman–Crippen MR) is 63.6 cm³/mol. The molecule has 3 heteroatoms. The quantitative estimate of drug-likeness (QED) is 0.841. The zero-order valence-electron chi connectivity index (χ0n) is 9.94. The van der Waals surface area contributed by atoms with E-state index in [0.717, 1.165) is 31.8 Å². The summed E-state index contributed by atoms with van der Waals surface area (Å²) in [5.41, 5.74) is 2.45. The number of ether oxygens (including phenoxy) is 1. The van der Waals surface area contributed by atoms with Crippen LogP contribution >= 0.6 is 0 Å². The summed E-state index contributed by atoms with van der Waals surface area (Å²) in [6.07, 6.45) is 0.758. The maximum Gasteiger partial charge on any atom is 0.121 e. The summed E-state index contributed by atoms with van der Waals surface area (Å²) in [5.74, 6) is 0.935. The molecule has 0 saturated carbocycles. The Bertz CT molecular complexity index is 365. The smallest absolute Gasteiger partial charge is 0.121 e. The molecule has 0 radical (unpaired) electrons. The van der Waals surface area contributed by atoms with Crippen LogP contribution in [0.25, 0.3) is 0 Å². The fourth-order valence-electron chi connectivity index (χ4n) is 2.25. The fraction of sp³-hybridized carbons (Fsp3) is 0.538. The molecule has 3 nitrogen and oxygen atoms in total. The second-order valence-corrected chi connectivity index (χ2v) is 4.48. The Labute approximate surface area is 96.6 Å². The van der Waals surface area contributed by atoms with Gasteiger partial charge in [0.05, 0.1) is 13.2 Å². The SMILES string of the molecule is COc1ccc(CN2CC[C@@H](O)C2)cc1C. The van der Waals surface area contributed by atoms with Crippen LogP contribution in [0.4, 0.5) is 0 Å². The van der Waals surface area contributed by atoms with Gasteiger partial charge >= 0.3 is 0 Å². The molecule has 1 atom stereocenters. The predicted octanol–water partition coefficient (Wildman–Crippen LogP) is 1.57. The van der Waals surface area contributed by atoms with Crippen molar-refractivity contribution in [1.29, 1.82) is 0 Å². The van der Waals surface area contributed by atoms with Crippen LogP contribution in [0.1, 0.15) is 17.5 Å². The maximum atomic E-state index is 9.45. The van der Waals surface area contributed by atoms with E-state index in [-0.39, 0.29) is 6.10 Å². The van der Waals surface area contributed by atoms with Crippen LogP contribution in [0.2, 0.25) is 0 Å². The Morgan fingerprint density at radius 1 is 1.50 bits per heavy atom. The molecule has 1 aliphatic rings. The molecule has 88 valence electrons. The topological polar surface area (TPSA) is 32.7 Å². The van der Waals surface area contributed by atoms with Crippen LogP contribution in [0, 0.1) is 6.92 Å². The molecule has 0 amide bonds. The molecular weight excluding hydrogens is 202 g/mol. The monoisotopic (exact) mass is 221 g/mol. The van der Waals surface area contributed by atoms with Gasteiger partial charge in [-0.3, -0.25) is 4.90 Å². The molecule has 1 fully saturated rings. The second-order valence-electron chi connectivity index (χ2n) is 4.48. The number of hydrogen-bond acceptors (Lipinski definition) is 3. The molecule has 0 unspecified atom stereocenters. The van der Waals surface area contributed by atoms with Crippen LogP contribution in [-0.2, 0) is 6.54 Å². The standard InChI is InChI=1S/C13H19NO2/c1-10-7-11(3-4-13(10)16-2)8-14-6-5-12(15)9-14/h3-4,7,12,15H,5-6,8-9H2,1-2H3/t12-/m1/s1. The molecule has 0 aromatic heterocycles. The van der Waals surface area contributed by atoms with Crippen molar-refractivity contribution in [3.8, 4) is 5.75 Å². The van der Waals surface area contributed by atoms with Gasteiger partial charge in [0.15, 0.2) is 0 Å². The first-order chi connectivity index (χ1) is 7.69. The molecule has 1 N–H and O–H groups in total. The van der Waals surface area contributed by atoms with Crippen molar-refractivity contribution in [3.05, 3.63) is 29.3 Å². The third kappa shape index (κ3) is 2.54. The highest BCUT2D eigenvalue weighted by Gasteiger charge is 2.19. The van der Waals surface area contributed by atoms with E-state index in [1.165, 1.54) is 11.1 Å². The van der Waals surface area contributed by atoms with Gasteiger partial charge in [-0.05, 0) is 30.5 Å². The van der Waals surface area contributed by atoms with Crippen molar-refractivity contribution in [2.75, 3.05) is 20.2 Å². The van der Waals surface area contributed by atoms with E-state index in [1.54, 1.807) is 7.11 Å². The highest BCUT2D eigenvalue weighted by atomic mass is 16.5. The van der Waals surface area contributed by atoms with E-state index in [9.17, 15) is 5.11 Å². The molecule has 1 aromatic carbocycles. The molecule has 1 saturated heterocycles. The Morgan fingerprint density at radius 2 is 2.31 bits per heavy atom. The number of rotatable bonds is 3. The number of aliphatic hydroxyl groups excluding tert-OH is 1. The van der Waals surface area contributed by atoms with Crippen LogP contribution in [0.3, 0.4) is 0 Å². The first kappa shape index (κ1) is 11.4. The molecule has 1 heterocycles. The summed E-state index contributed by atoms with van der Waals surface area (Å²) in [5, 5.41) is 9.45. The maximum absolute atomic E-state index is 9.45. The average molecular weight is 221 g/mol. The van der Waals surface area contributed by atoms with Crippen molar-refractivity contribution in [3.63, 3.8) is 0 Å². The summed E-state index contributed by atoms with van der Waals surface area (Å²) in [6, 6.07) is 6.26. The average Bonchev–Trinajstić information content (AvgIpc) is 2.64. The van der Waals surface area contributed by atoms with Gasteiger partial charge in [-0.25, -0.2) is 0 Å². The molecule has 0 bridgehead atoms. The van der Waals surface area contributed by atoms with Crippen LogP contribution in [-0.4, -0.2) is 36.3 Å². The van der Waals surface area contributed by atoms with E-state index < -0.39 is 0 Å². The van der Waals surface area contributed by atoms with Gasteiger partial charge in [0.2, 0.25) is 0 Å². The Morgan fingerprint density at radius 3 is 2.88 bits per heavy atom. The van der Waals surface area contributed by atoms with Crippen molar-refractivity contribution in [2.24, 2.45) is 0 Å². The van der Waals surface area contributed by atoms with Gasteiger partial charge in [0.25, 0.3) is 0 Å². The van der Waals surface area contributed by atoms with Crippen LogP contribution in [0.15, 0.2) is 18.2 Å². The minimum absolute atomic E-state index is 0.139.